The first-order valence-corrected chi connectivity index (χ1v) is 23.3. The second-order valence-corrected chi connectivity index (χ2v) is 15.5. The molecule has 1 unspecified atom stereocenters. The summed E-state index contributed by atoms with van der Waals surface area (Å²) in [5, 5.41) is 9.60. The number of carbonyl (C=O) groups is 2. The number of esters is 2. The van der Waals surface area contributed by atoms with Crippen LogP contribution in [0.2, 0.25) is 0 Å². The molecule has 0 heterocycles. The summed E-state index contributed by atoms with van der Waals surface area (Å²) in [6, 6.07) is 0. The Morgan fingerprint density at radius 1 is 0.418 bits per heavy atom. The lowest BCUT2D eigenvalue weighted by Gasteiger charge is -2.15. The maximum absolute atomic E-state index is 12.2. The lowest BCUT2D eigenvalue weighted by Crippen LogP contribution is -2.28. The molecular weight excluding hydrogens is 681 g/mol. The predicted octanol–water partition coefficient (Wildman–Crippen LogP) is 15.1. The van der Waals surface area contributed by atoms with Crippen LogP contribution in [0.15, 0.2) is 60.8 Å². The monoisotopic (exact) mass is 769 g/mol. The first-order chi connectivity index (χ1) is 27.1. The molecule has 0 radical (unpaired) electrons. The zero-order chi connectivity index (χ0) is 40.0. The van der Waals surface area contributed by atoms with Gasteiger partial charge in [-0.3, -0.25) is 9.59 Å². The predicted molar refractivity (Wildman–Crippen MR) is 237 cm³/mol. The number of carbonyl (C=O) groups excluding carboxylic acids is 2. The highest BCUT2D eigenvalue weighted by Gasteiger charge is 2.16. The molecule has 1 atom stereocenters. The molecule has 0 aliphatic rings. The summed E-state index contributed by atoms with van der Waals surface area (Å²) in [5.41, 5.74) is 0. The Bertz CT molecular complexity index is 961. The lowest BCUT2D eigenvalue weighted by molar-refractivity contribution is -0.161. The molecule has 1 N–H and O–H groups in total. The molecule has 0 amide bonds. The minimum absolute atomic E-state index is 0.0760. The van der Waals surface area contributed by atoms with Crippen LogP contribution in [0.3, 0.4) is 0 Å². The van der Waals surface area contributed by atoms with Crippen LogP contribution in [-0.4, -0.2) is 36.4 Å². The van der Waals surface area contributed by atoms with Gasteiger partial charge in [0.15, 0.2) is 6.10 Å². The Balaban J connectivity index is 3.55. The summed E-state index contributed by atoms with van der Waals surface area (Å²) in [6.45, 7) is 4.10. The maximum atomic E-state index is 12.2. The SMILES string of the molecule is CCCCCC/C=C\C/C=C\CCCCCCCC(=O)OCC(CO)OC(=O)CCCCCCCCCCCC/C=C\C/C=C\C/C=C\CCCCCCC. The standard InChI is InChI=1S/C50H88O5/c1-3-5-7-9-11-13-15-17-19-21-22-23-24-25-26-27-28-29-31-33-35-37-39-41-43-45-50(53)55-48(46-51)47-54-49(52)44-42-40-38-36-34-32-30-20-18-16-14-12-10-8-6-4-2/h14-17,20-22,24-25,30,48,51H,3-13,18-19,23,26-29,31-47H2,1-2H3/b16-14-,17-15-,22-21-,25-24-,30-20-. The molecule has 0 aromatic heterocycles. The molecule has 0 saturated heterocycles. The van der Waals surface area contributed by atoms with Gasteiger partial charge in [0.25, 0.3) is 0 Å². The lowest BCUT2D eigenvalue weighted by atomic mass is 10.0. The van der Waals surface area contributed by atoms with Crippen molar-refractivity contribution in [2.24, 2.45) is 0 Å². The van der Waals surface area contributed by atoms with Crippen LogP contribution >= 0.6 is 0 Å². The molecular formula is C50H88O5. The van der Waals surface area contributed by atoms with Crippen LogP contribution in [0.5, 0.6) is 0 Å². The van der Waals surface area contributed by atoms with Gasteiger partial charge in [-0.15, -0.1) is 0 Å². The highest BCUT2D eigenvalue weighted by Crippen LogP contribution is 2.14. The number of aliphatic hydroxyl groups excluding tert-OH is 1. The Morgan fingerprint density at radius 2 is 0.727 bits per heavy atom. The van der Waals surface area contributed by atoms with E-state index < -0.39 is 6.10 Å². The zero-order valence-electron chi connectivity index (χ0n) is 36.2. The van der Waals surface area contributed by atoms with Gasteiger partial charge in [0.2, 0.25) is 0 Å². The van der Waals surface area contributed by atoms with Gasteiger partial charge in [0.05, 0.1) is 6.61 Å². The first-order valence-electron chi connectivity index (χ1n) is 23.3. The second-order valence-electron chi connectivity index (χ2n) is 15.5. The molecule has 5 heteroatoms. The third kappa shape index (κ3) is 44.2. The van der Waals surface area contributed by atoms with Crippen molar-refractivity contribution >= 4 is 11.9 Å². The smallest absolute Gasteiger partial charge is 0.306 e. The highest BCUT2D eigenvalue weighted by molar-refractivity contribution is 5.70. The van der Waals surface area contributed by atoms with Gasteiger partial charge in [-0.2, -0.15) is 0 Å². The van der Waals surface area contributed by atoms with Crippen LogP contribution in [0.25, 0.3) is 0 Å². The number of allylic oxidation sites excluding steroid dienone is 10. The molecule has 0 aromatic rings. The van der Waals surface area contributed by atoms with Gasteiger partial charge < -0.3 is 14.6 Å². The summed E-state index contributed by atoms with van der Waals surface area (Å²) in [4.78, 5) is 24.4. The van der Waals surface area contributed by atoms with Crippen molar-refractivity contribution in [2.45, 2.75) is 232 Å². The van der Waals surface area contributed by atoms with E-state index in [4.69, 9.17) is 9.47 Å². The molecule has 318 valence electrons. The largest absolute Gasteiger partial charge is 0.462 e. The van der Waals surface area contributed by atoms with Gasteiger partial charge in [0.1, 0.15) is 6.61 Å². The second kappa shape index (κ2) is 46.0. The van der Waals surface area contributed by atoms with E-state index in [1.54, 1.807) is 0 Å². The van der Waals surface area contributed by atoms with Crippen LogP contribution in [0.1, 0.15) is 226 Å². The number of hydrogen-bond acceptors (Lipinski definition) is 5. The Morgan fingerprint density at radius 3 is 1.11 bits per heavy atom. The van der Waals surface area contributed by atoms with E-state index in [-0.39, 0.29) is 25.2 Å². The van der Waals surface area contributed by atoms with Crippen molar-refractivity contribution in [3.05, 3.63) is 60.8 Å². The van der Waals surface area contributed by atoms with E-state index in [1.165, 1.54) is 135 Å². The summed E-state index contributed by atoms with van der Waals surface area (Å²) in [6.07, 6.45) is 60.1. The fourth-order valence-corrected chi connectivity index (χ4v) is 6.47. The highest BCUT2D eigenvalue weighted by atomic mass is 16.6. The first kappa shape index (κ1) is 52.6. The molecule has 0 aliphatic carbocycles. The Hall–Kier alpha value is -2.40. The van der Waals surface area contributed by atoms with E-state index in [0.29, 0.717) is 12.8 Å². The number of unbranched alkanes of at least 4 members (excludes halogenated alkanes) is 24. The summed E-state index contributed by atoms with van der Waals surface area (Å²) in [5.74, 6) is -0.610. The molecule has 55 heavy (non-hydrogen) atoms. The van der Waals surface area contributed by atoms with E-state index in [2.05, 4.69) is 74.6 Å². The van der Waals surface area contributed by atoms with Gasteiger partial charge in [-0.1, -0.05) is 190 Å². The number of rotatable bonds is 42. The van der Waals surface area contributed by atoms with Gasteiger partial charge >= 0.3 is 11.9 Å². The quantitative estimate of drug-likeness (QED) is 0.0380. The fraction of sp³-hybridized carbons (Fsp3) is 0.760. The molecule has 0 bridgehead atoms. The van der Waals surface area contributed by atoms with E-state index in [0.717, 1.165) is 64.2 Å². The van der Waals surface area contributed by atoms with Gasteiger partial charge in [-0.25, -0.2) is 0 Å². The van der Waals surface area contributed by atoms with Crippen molar-refractivity contribution in [1.82, 2.24) is 0 Å². The Kier molecular flexibility index (Phi) is 44.0. The minimum Gasteiger partial charge on any atom is -0.462 e. The maximum Gasteiger partial charge on any atom is 0.306 e. The zero-order valence-corrected chi connectivity index (χ0v) is 36.2. The van der Waals surface area contributed by atoms with Crippen molar-refractivity contribution in [2.75, 3.05) is 13.2 Å². The third-order valence-electron chi connectivity index (χ3n) is 10.0. The van der Waals surface area contributed by atoms with E-state index >= 15 is 0 Å². The van der Waals surface area contributed by atoms with Gasteiger partial charge in [-0.05, 0) is 83.5 Å². The van der Waals surface area contributed by atoms with E-state index in [1.807, 2.05) is 0 Å². The van der Waals surface area contributed by atoms with Gasteiger partial charge in [0, 0.05) is 12.8 Å². The average Bonchev–Trinajstić information content (AvgIpc) is 3.19. The minimum atomic E-state index is -0.781. The van der Waals surface area contributed by atoms with Crippen LogP contribution in [0, 0.1) is 0 Å². The Labute approximate surface area is 341 Å². The number of aliphatic hydroxyl groups is 1. The van der Waals surface area contributed by atoms with Crippen LogP contribution < -0.4 is 0 Å². The van der Waals surface area contributed by atoms with Crippen molar-refractivity contribution in [3.8, 4) is 0 Å². The van der Waals surface area contributed by atoms with Crippen molar-refractivity contribution in [1.29, 1.82) is 0 Å². The van der Waals surface area contributed by atoms with Crippen LogP contribution in [0.4, 0.5) is 0 Å². The molecule has 5 nitrogen and oxygen atoms in total. The summed E-state index contributed by atoms with van der Waals surface area (Å²) >= 11 is 0. The topological polar surface area (TPSA) is 72.8 Å². The molecule has 0 rings (SSSR count). The molecule has 0 fully saturated rings. The number of hydrogen-bond donors (Lipinski definition) is 1. The van der Waals surface area contributed by atoms with Crippen LogP contribution in [-0.2, 0) is 19.1 Å². The summed E-state index contributed by atoms with van der Waals surface area (Å²) < 4.78 is 10.6. The fourth-order valence-electron chi connectivity index (χ4n) is 6.47. The molecule has 0 saturated carbocycles. The molecule has 0 aliphatic heterocycles. The van der Waals surface area contributed by atoms with Crippen molar-refractivity contribution < 1.29 is 24.2 Å². The molecule has 0 spiro atoms. The summed E-state index contributed by atoms with van der Waals surface area (Å²) in [7, 11) is 0. The van der Waals surface area contributed by atoms with Crippen molar-refractivity contribution in [3.63, 3.8) is 0 Å². The average molecular weight is 769 g/mol. The molecule has 0 aromatic carbocycles. The van der Waals surface area contributed by atoms with E-state index in [9.17, 15) is 14.7 Å². The normalized spacial score (nSPS) is 12.7. The number of ether oxygens (including phenoxy) is 2. The third-order valence-corrected chi connectivity index (χ3v) is 10.0.